The van der Waals surface area contributed by atoms with E-state index < -0.39 is 15.6 Å². The number of rotatable bonds is 6. The van der Waals surface area contributed by atoms with Crippen LogP contribution in [0, 0.1) is 10.1 Å². The van der Waals surface area contributed by atoms with Gasteiger partial charge in [-0.05, 0) is 25.1 Å². The Bertz CT molecular complexity index is 543. The largest absolute Gasteiger partial charge is 0.369 e. The monoisotopic (exact) mass is 313 g/mol. The van der Waals surface area contributed by atoms with Crippen molar-refractivity contribution >= 4 is 22.1 Å². The first kappa shape index (κ1) is 15.7. The van der Waals surface area contributed by atoms with E-state index in [2.05, 4.69) is 9.80 Å². The van der Waals surface area contributed by atoms with Crippen LogP contribution >= 0.6 is 0 Å². The standard InChI is InChI=1S/C13H19N3O4S/c17-16(18)13-4-2-12(3-5-13)15-9-7-14(8-10-15)6-1-11-21(19)20/h2-5,21H,1,6-11H2. The van der Waals surface area contributed by atoms with Crippen LogP contribution in [-0.2, 0) is 10.7 Å². The lowest BCUT2D eigenvalue weighted by Gasteiger charge is -2.36. The molecule has 21 heavy (non-hydrogen) atoms. The zero-order valence-electron chi connectivity index (χ0n) is 11.7. The second-order valence-corrected chi connectivity index (χ2v) is 6.12. The van der Waals surface area contributed by atoms with Crippen LogP contribution in [0.25, 0.3) is 0 Å². The number of nitro benzene ring substituents is 1. The number of anilines is 1. The molecule has 0 aromatic heterocycles. The number of non-ortho nitro benzene ring substituents is 1. The number of benzene rings is 1. The van der Waals surface area contributed by atoms with Gasteiger partial charge in [-0.25, -0.2) is 8.42 Å². The fourth-order valence-electron chi connectivity index (χ4n) is 2.44. The predicted molar refractivity (Wildman–Crippen MR) is 81.5 cm³/mol. The smallest absolute Gasteiger partial charge is 0.269 e. The number of hydrogen-bond donors (Lipinski definition) is 1. The summed E-state index contributed by atoms with van der Waals surface area (Å²) in [5, 5.41) is 10.6. The highest BCUT2D eigenvalue weighted by Gasteiger charge is 2.17. The zero-order chi connectivity index (χ0) is 15.2. The van der Waals surface area contributed by atoms with Gasteiger partial charge in [-0.1, -0.05) is 0 Å². The molecule has 0 bridgehead atoms. The molecule has 0 amide bonds. The van der Waals surface area contributed by atoms with Crippen LogP contribution in [0.1, 0.15) is 6.42 Å². The van der Waals surface area contributed by atoms with Crippen molar-refractivity contribution in [1.29, 1.82) is 0 Å². The molecule has 1 saturated heterocycles. The maximum Gasteiger partial charge on any atom is 0.269 e. The topological polar surface area (TPSA) is 83.8 Å². The molecule has 1 aliphatic heterocycles. The molecule has 0 unspecified atom stereocenters. The first-order valence-corrected chi connectivity index (χ1v) is 8.26. The number of nitrogens with zero attached hydrogens (tertiary/aromatic N) is 3. The Morgan fingerprint density at radius 2 is 1.71 bits per heavy atom. The summed E-state index contributed by atoms with van der Waals surface area (Å²) in [7, 11) is -2.27. The van der Waals surface area contributed by atoms with E-state index in [1.54, 1.807) is 12.1 Å². The summed E-state index contributed by atoms with van der Waals surface area (Å²) in [4.78, 5) is 14.7. The molecule has 0 atom stereocenters. The van der Waals surface area contributed by atoms with Gasteiger partial charge in [-0.2, -0.15) is 0 Å². The van der Waals surface area contributed by atoms with Gasteiger partial charge >= 0.3 is 0 Å². The normalized spacial score (nSPS) is 16.3. The van der Waals surface area contributed by atoms with Crippen LogP contribution in [0.4, 0.5) is 11.4 Å². The summed E-state index contributed by atoms with van der Waals surface area (Å²) in [5.74, 6) is 0.248. The van der Waals surface area contributed by atoms with Gasteiger partial charge in [0, 0.05) is 49.8 Å². The number of hydrogen-bond acceptors (Lipinski definition) is 6. The third-order valence-corrected chi connectivity index (χ3v) is 4.29. The van der Waals surface area contributed by atoms with Crippen LogP contribution in [0.2, 0.25) is 0 Å². The number of piperazine rings is 1. The summed E-state index contributed by atoms with van der Waals surface area (Å²) >= 11 is 0. The Morgan fingerprint density at radius 3 is 2.24 bits per heavy atom. The van der Waals surface area contributed by atoms with Crippen LogP contribution < -0.4 is 4.90 Å². The molecule has 0 saturated carbocycles. The average Bonchev–Trinajstić information content (AvgIpc) is 2.48. The molecule has 2 rings (SSSR count). The van der Waals surface area contributed by atoms with E-state index in [0.717, 1.165) is 38.4 Å². The van der Waals surface area contributed by atoms with Gasteiger partial charge in [0.2, 0.25) is 0 Å². The lowest BCUT2D eigenvalue weighted by atomic mass is 10.2. The molecule has 0 radical (unpaired) electrons. The third kappa shape index (κ3) is 4.68. The first-order valence-electron chi connectivity index (χ1n) is 6.90. The van der Waals surface area contributed by atoms with Gasteiger partial charge in [0.1, 0.15) is 10.7 Å². The van der Waals surface area contributed by atoms with Crippen molar-refractivity contribution in [2.24, 2.45) is 0 Å². The van der Waals surface area contributed by atoms with Crippen molar-refractivity contribution in [1.82, 2.24) is 4.90 Å². The van der Waals surface area contributed by atoms with Crippen LogP contribution in [0.5, 0.6) is 0 Å². The summed E-state index contributed by atoms with van der Waals surface area (Å²) in [5.41, 5.74) is 1.09. The molecule has 1 aliphatic rings. The zero-order valence-corrected chi connectivity index (χ0v) is 12.6. The molecule has 8 heteroatoms. The maximum absolute atomic E-state index is 10.6. The van der Waals surface area contributed by atoms with Gasteiger partial charge in [0.05, 0.1) is 4.92 Å². The Hall–Kier alpha value is -1.67. The highest BCUT2D eigenvalue weighted by molar-refractivity contribution is 7.72. The molecule has 1 aromatic carbocycles. The first-order chi connectivity index (χ1) is 10.1. The molecular formula is C13H19N3O4S. The van der Waals surface area contributed by atoms with Crippen molar-refractivity contribution in [2.45, 2.75) is 6.42 Å². The highest BCUT2D eigenvalue weighted by atomic mass is 32.2. The van der Waals surface area contributed by atoms with Crippen LogP contribution in [0.3, 0.4) is 0 Å². The molecule has 7 nitrogen and oxygen atoms in total. The van der Waals surface area contributed by atoms with Gasteiger partial charge in [-0.15, -0.1) is 0 Å². The minimum absolute atomic E-state index is 0.101. The van der Waals surface area contributed by atoms with E-state index in [1.165, 1.54) is 12.1 Å². The van der Waals surface area contributed by atoms with E-state index in [4.69, 9.17) is 0 Å². The van der Waals surface area contributed by atoms with Crippen LogP contribution in [0.15, 0.2) is 24.3 Å². The summed E-state index contributed by atoms with van der Waals surface area (Å²) in [6.07, 6.45) is 0.677. The SMILES string of the molecule is O=[N+]([O-])c1ccc(N2CCN(CCC[SH](=O)=O)CC2)cc1. The van der Waals surface area contributed by atoms with Gasteiger partial charge in [0.25, 0.3) is 5.69 Å². The fraction of sp³-hybridized carbons (Fsp3) is 0.538. The van der Waals surface area contributed by atoms with E-state index in [1.807, 2.05) is 0 Å². The van der Waals surface area contributed by atoms with Crippen molar-refractivity contribution in [3.05, 3.63) is 34.4 Å². The van der Waals surface area contributed by atoms with Gasteiger partial charge in [-0.3, -0.25) is 15.0 Å². The molecule has 0 aliphatic carbocycles. The summed E-state index contributed by atoms with van der Waals surface area (Å²) in [6, 6.07) is 6.59. The van der Waals surface area contributed by atoms with Gasteiger partial charge < -0.3 is 4.90 Å². The molecule has 116 valence electrons. The molecule has 0 spiro atoms. The second kappa shape index (κ2) is 7.37. The average molecular weight is 313 g/mol. The minimum Gasteiger partial charge on any atom is -0.369 e. The Morgan fingerprint density at radius 1 is 1.10 bits per heavy atom. The van der Waals surface area contributed by atoms with E-state index in [9.17, 15) is 18.5 Å². The lowest BCUT2D eigenvalue weighted by Crippen LogP contribution is -2.46. The van der Waals surface area contributed by atoms with E-state index in [-0.39, 0.29) is 11.4 Å². The lowest BCUT2D eigenvalue weighted by molar-refractivity contribution is -0.384. The van der Waals surface area contributed by atoms with Crippen molar-refractivity contribution in [2.75, 3.05) is 43.4 Å². The molecular weight excluding hydrogens is 294 g/mol. The fourth-order valence-corrected chi connectivity index (χ4v) is 2.84. The number of thiol groups is 1. The van der Waals surface area contributed by atoms with Crippen molar-refractivity contribution < 1.29 is 13.3 Å². The van der Waals surface area contributed by atoms with Crippen LogP contribution in [-0.4, -0.2) is 56.7 Å². The Labute approximate surface area is 125 Å². The quantitative estimate of drug-likeness (QED) is 0.473. The number of nitro groups is 1. The molecule has 1 aromatic rings. The summed E-state index contributed by atoms with van der Waals surface area (Å²) in [6.45, 7) is 4.26. The van der Waals surface area contributed by atoms with E-state index in [0.29, 0.717) is 6.42 Å². The highest BCUT2D eigenvalue weighted by Crippen LogP contribution is 2.20. The minimum atomic E-state index is -2.27. The van der Waals surface area contributed by atoms with E-state index >= 15 is 0 Å². The van der Waals surface area contributed by atoms with Crippen molar-refractivity contribution in [3.8, 4) is 0 Å². The third-order valence-electron chi connectivity index (χ3n) is 3.61. The Kier molecular flexibility index (Phi) is 5.51. The predicted octanol–water partition coefficient (Wildman–Crippen LogP) is 0.718. The molecule has 1 fully saturated rings. The maximum atomic E-state index is 10.6. The molecule has 0 N–H and O–H groups in total. The van der Waals surface area contributed by atoms with Crippen molar-refractivity contribution in [3.63, 3.8) is 0 Å². The second-order valence-electron chi connectivity index (χ2n) is 5.01. The van der Waals surface area contributed by atoms with Gasteiger partial charge in [0.15, 0.2) is 0 Å². The summed E-state index contributed by atoms with van der Waals surface area (Å²) < 4.78 is 21.0. The Balaban J connectivity index is 1.81. The molecule has 1 heterocycles.